The van der Waals surface area contributed by atoms with E-state index in [9.17, 15) is 5.11 Å². The lowest BCUT2D eigenvalue weighted by Gasteiger charge is -2.22. The van der Waals surface area contributed by atoms with Crippen LogP contribution in [0.1, 0.15) is 37.6 Å². The van der Waals surface area contributed by atoms with Gasteiger partial charge >= 0.3 is 0 Å². The molecule has 0 bridgehead atoms. The standard InChI is InChI=1S/C14H24N4O/c1-9(2)12-16-13(15-4)10(3)14(17-12)18-6-5-11(7-18)8-19/h9,11,19H,5-8H2,1-4H3,(H,15,16,17). The van der Waals surface area contributed by atoms with Crippen molar-refractivity contribution in [2.24, 2.45) is 5.92 Å². The molecule has 0 radical (unpaired) electrons. The van der Waals surface area contributed by atoms with E-state index in [4.69, 9.17) is 4.98 Å². The highest BCUT2D eigenvalue weighted by molar-refractivity contribution is 5.59. The quantitative estimate of drug-likeness (QED) is 0.868. The summed E-state index contributed by atoms with van der Waals surface area (Å²) in [4.78, 5) is 11.6. The van der Waals surface area contributed by atoms with Crippen LogP contribution in [-0.4, -0.2) is 41.8 Å². The molecule has 2 heterocycles. The van der Waals surface area contributed by atoms with Crippen molar-refractivity contribution in [1.29, 1.82) is 0 Å². The molecule has 1 atom stereocenters. The summed E-state index contributed by atoms with van der Waals surface area (Å²) < 4.78 is 0. The molecule has 1 aliphatic rings. The van der Waals surface area contributed by atoms with Crippen molar-refractivity contribution in [2.45, 2.75) is 33.1 Å². The number of anilines is 2. The lowest BCUT2D eigenvalue weighted by Crippen LogP contribution is -2.24. The van der Waals surface area contributed by atoms with Crippen LogP contribution in [0.3, 0.4) is 0 Å². The van der Waals surface area contributed by atoms with E-state index in [1.54, 1.807) is 0 Å². The topological polar surface area (TPSA) is 61.3 Å². The van der Waals surface area contributed by atoms with Gasteiger partial charge in [-0.15, -0.1) is 0 Å². The molecule has 19 heavy (non-hydrogen) atoms. The fourth-order valence-corrected chi connectivity index (χ4v) is 2.51. The van der Waals surface area contributed by atoms with Crippen LogP contribution < -0.4 is 10.2 Å². The Balaban J connectivity index is 2.36. The van der Waals surface area contributed by atoms with E-state index >= 15 is 0 Å². The number of aliphatic hydroxyl groups excluding tert-OH is 1. The normalized spacial score (nSPS) is 19.3. The summed E-state index contributed by atoms with van der Waals surface area (Å²) in [7, 11) is 1.89. The third-order valence-corrected chi connectivity index (χ3v) is 3.73. The predicted molar refractivity (Wildman–Crippen MR) is 77.8 cm³/mol. The smallest absolute Gasteiger partial charge is 0.137 e. The molecule has 0 spiro atoms. The molecule has 1 aromatic rings. The van der Waals surface area contributed by atoms with Crippen LogP contribution in [0.15, 0.2) is 0 Å². The molecule has 1 fully saturated rings. The number of aliphatic hydroxyl groups is 1. The molecule has 0 aliphatic carbocycles. The van der Waals surface area contributed by atoms with Gasteiger partial charge in [0.25, 0.3) is 0 Å². The Labute approximate surface area is 115 Å². The molecule has 5 nitrogen and oxygen atoms in total. The van der Waals surface area contributed by atoms with Gasteiger partial charge in [0.1, 0.15) is 17.5 Å². The van der Waals surface area contributed by atoms with Crippen LogP contribution in [-0.2, 0) is 0 Å². The summed E-state index contributed by atoms with van der Waals surface area (Å²) >= 11 is 0. The van der Waals surface area contributed by atoms with E-state index in [1.165, 1.54) is 0 Å². The lowest BCUT2D eigenvalue weighted by atomic mass is 10.1. The first-order valence-electron chi connectivity index (χ1n) is 6.98. The Morgan fingerprint density at radius 2 is 2.16 bits per heavy atom. The number of aromatic nitrogens is 2. The maximum absolute atomic E-state index is 9.27. The lowest BCUT2D eigenvalue weighted by molar-refractivity contribution is 0.238. The minimum Gasteiger partial charge on any atom is -0.396 e. The highest BCUT2D eigenvalue weighted by Gasteiger charge is 2.25. The molecule has 0 aromatic carbocycles. The number of hydrogen-bond donors (Lipinski definition) is 2. The predicted octanol–water partition coefficient (Wildman–Crippen LogP) is 1.77. The van der Waals surface area contributed by atoms with Crippen molar-refractivity contribution in [3.8, 4) is 0 Å². The molecule has 1 saturated heterocycles. The van der Waals surface area contributed by atoms with E-state index in [0.717, 1.165) is 42.5 Å². The summed E-state index contributed by atoms with van der Waals surface area (Å²) in [6.07, 6.45) is 1.03. The SMILES string of the molecule is CNc1nc(C(C)C)nc(N2CCC(CO)C2)c1C. The zero-order valence-electron chi connectivity index (χ0n) is 12.3. The first-order valence-corrected chi connectivity index (χ1v) is 6.98. The summed E-state index contributed by atoms with van der Waals surface area (Å²) in [6, 6.07) is 0. The second-order valence-corrected chi connectivity index (χ2v) is 5.57. The molecule has 1 unspecified atom stereocenters. The molecule has 2 rings (SSSR count). The number of nitrogens with zero attached hydrogens (tertiary/aromatic N) is 3. The molecule has 1 aromatic heterocycles. The van der Waals surface area contributed by atoms with Gasteiger partial charge < -0.3 is 15.3 Å². The third kappa shape index (κ3) is 2.81. The van der Waals surface area contributed by atoms with Crippen molar-refractivity contribution in [2.75, 3.05) is 37.0 Å². The monoisotopic (exact) mass is 264 g/mol. The van der Waals surface area contributed by atoms with Crippen molar-refractivity contribution in [1.82, 2.24) is 9.97 Å². The molecular weight excluding hydrogens is 240 g/mol. The van der Waals surface area contributed by atoms with Crippen LogP contribution in [0.2, 0.25) is 0 Å². The number of nitrogens with one attached hydrogen (secondary N) is 1. The Bertz CT molecular complexity index is 447. The summed E-state index contributed by atoms with van der Waals surface area (Å²) in [6.45, 7) is 8.37. The summed E-state index contributed by atoms with van der Waals surface area (Å²) in [5, 5.41) is 12.4. The van der Waals surface area contributed by atoms with Crippen LogP contribution in [0, 0.1) is 12.8 Å². The van der Waals surface area contributed by atoms with E-state index in [2.05, 4.69) is 36.0 Å². The van der Waals surface area contributed by atoms with Gasteiger partial charge in [-0.05, 0) is 13.3 Å². The van der Waals surface area contributed by atoms with Gasteiger partial charge in [-0.3, -0.25) is 0 Å². The van der Waals surface area contributed by atoms with Crippen LogP contribution in [0.5, 0.6) is 0 Å². The highest BCUT2D eigenvalue weighted by Crippen LogP contribution is 2.29. The molecule has 5 heteroatoms. The van der Waals surface area contributed by atoms with Gasteiger partial charge in [0.05, 0.1) is 0 Å². The largest absolute Gasteiger partial charge is 0.396 e. The van der Waals surface area contributed by atoms with Gasteiger partial charge in [0.15, 0.2) is 0 Å². The number of rotatable bonds is 4. The molecule has 1 aliphatic heterocycles. The molecule has 106 valence electrons. The average molecular weight is 264 g/mol. The Hall–Kier alpha value is -1.36. The fourth-order valence-electron chi connectivity index (χ4n) is 2.51. The Morgan fingerprint density at radius 3 is 2.68 bits per heavy atom. The van der Waals surface area contributed by atoms with E-state index in [1.807, 2.05) is 7.05 Å². The van der Waals surface area contributed by atoms with Crippen molar-refractivity contribution < 1.29 is 5.11 Å². The second-order valence-electron chi connectivity index (χ2n) is 5.57. The minimum atomic E-state index is 0.260. The maximum atomic E-state index is 9.27. The average Bonchev–Trinajstić information content (AvgIpc) is 2.87. The van der Waals surface area contributed by atoms with Gasteiger partial charge in [-0.1, -0.05) is 13.8 Å². The molecular formula is C14H24N4O. The second kappa shape index (κ2) is 5.74. The third-order valence-electron chi connectivity index (χ3n) is 3.73. The Kier molecular flexibility index (Phi) is 4.24. The van der Waals surface area contributed by atoms with E-state index < -0.39 is 0 Å². The van der Waals surface area contributed by atoms with Crippen LogP contribution >= 0.6 is 0 Å². The first-order chi connectivity index (χ1) is 9.06. The minimum absolute atomic E-state index is 0.260. The molecule has 0 amide bonds. The van der Waals surface area contributed by atoms with Crippen molar-refractivity contribution in [3.63, 3.8) is 0 Å². The highest BCUT2D eigenvalue weighted by atomic mass is 16.3. The summed E-state index contributed by atoms with van der Waals surface area (Å²) in [5.41, 5.74) is 1.09. The van der Waals surface area contributed by atoms with Crippen molar-refractivity contribution >= 4 is 11.6 Å². The zero-order chi connectivity index (χ0) is 14.0. The van der Waals surface area contributed by atoms with Crippen molar-refractivity contribution in [3.05, 3.63) is 11.4 Å². The fraction of sp³-hybridized carbons (Fsp3) is 0.714. The van der Waals surface area contributed by atoms with Gasteiger partial charge in [-0.25, -0.2) is 9.97 Å². The van der Waals surface area contributed by atoms with Gasteiger partial charge in [0.2, 0.25) is 0 Å². The van der Waals surface area contributed by atoms with Crippen LogP contribution in [0.4, 0.5) is 11.6 Å². The summed E-state index contributed by atoms with van der Waals surface area (Å²) in [5.74, 6) is 3.47. The van der Waals surface area contributed by atoms with Gasteiger partial charge in [-0.2, -0.15) is 0 Å². The Morgan fingerprint density at radius 1 is 1.42 bits per heavy atom. The molecule has 2 N–H and O–H groups in total. The van der Waals surface area contributed by atoms with Gasteiger partial charge in [0, 0.05) is 44.1 Å². The van der Waals surface area contributed by atoms with Crippen LogP contribution in [0.25, 0.3) is 0 Å². The molecule has 0 saturated carbocycles. The zero-order valence-corrected chi connectivity index (χ0v) is 12.3. The van der Waals surface area contributed by atoms with E-state index in [0.29, 0.717) is 11.8 Å². The van der Waals surface area contributed by atoms with E-state index in [-0.39, 0.29) is 6.61 Å². The number of hydrogen-bond acceptors (Lipinski definition) is 5. The first kappa shape index (κ1) is 14.1. The maximum Gasteiger partial charge on any atom is 0.137 e.